The third-order valence-electron chi connectivity index (χ3n) is 2.49. The van der Waals surface area contributed by atoms with Gasteiger partial charge in [0.1, 0.15) is 0 Å². The van der Waals surface area contributed by atoms with E-state index in [1.807, 2.05) is 50.2 Å². The van der Waals surface area contributed by atoms with Crippen LogP contribution in [0.15, 0.2) is 36.4 Å². The number of fused-ring (bicyclic) bond motifs is 1. The summed E-state index contributed by atoms with van der Waals surface area (Å²) in [6.45, 7) is 3.69. The third kappa shape index (κ3) is 3.06. The summed E-state index contributed by atoms with van der Waals surface area (Å²) in [4.78, 5) is 15.9. The zero-order valence-electron chi connectivity index (χ0n) is 10.0. The average molecular weight is 290 g/mol. The first-order valence-corrected chi connectivity index (χ1v) is 8.37. The number of benzene rings is 1. The molecule has 4 heteroatoms. The van der Waals surface area contributed by atoms with Crippen molar-refractivity contribution in [1.82, 2.24) is 4.98 Å². The molecule has 0 radical (unpaired) electrons. The SMILES string of the molecule is CC(C)C(=O)[O][GeH2][c]1ccc2ccccc2n1. The molecule has 2 rings (SSSR count). The quantitative estimate of drug-likeness (QED) is 0.796. The molecule has 0 aliphatic rings. The van der Waals surface area contributed by atoms with Gasteiger partial charge in [-0.25, -0.2) is 0 Å². The Morgan fingerprint density at radius 2 is 2.00 bits per heavy atom. The summed E-state index contributed by atoms with van der Waals surface area (Å²) >= 11 is -1.50. The molecule has 0 spiro atoms. The first-order chi connectivity index (χ1) is 8.16. The van der Waals surface area contributed by atoms with Gasteiger partial charge in [0.2, 0.25) is 0 Å². The van der Waals surface area contributed by atoms with Gasteiger partial charge < -0.3 is 0 Å². The van der Waals surface area contributed by atoms with Gasteiger partial charge in [0, 0.05) is 0 Å². The van der Waals surface area contributed by atoms with Crippen molar-refractivity contribution in [3.63, 3.8) is 0 Å². The molecule has 3 nitrogen and oxygen atoms in total. The number of para-hydroxylation sites is 1. The summed E-state index contributed by atoms with van der Waals surface area (Å²) in [6, 6.07) is 12.0. The first kappa shape index (κ1) is 12.1. The summed E-state index contributed by atoms with van der Waals surface area (Å²) in [6.07, 6.45) is 0. The second-order valence-corrected chi connectivity index (χ2v) is 6.99. The second kappa shape index (κ2) is 5.32. The summed E-state index contributed by atoms with van der Waals surface area (Å²) in [7, 11) is 0. The molecule has 0 saturated carbocycles. The molecule has 0 amide bonds. The number of pyridine rings is 1. The first-order valence-electron chi connectivity index (χ1n) is 5.68. The molecule has 88 valence electrons. The molecule has 2 aromatic rings. The van der Waals surface area contributed by atoms with E-state index in [1.165, 1.54) is 0 Å². The van der Waals surface area contributed by atoms with Crippen molar-refractivity contribution in [3.05, 3.63) is 36.4 Å². The number of hydrogen-bond donors (Lipinski definition) is 0. The third-order valence-corrected chi connectivity index (χ3v) is 4.84. The Morgan fingerprint density at radius 1 is 1.24 bits per heavy atom. The van der Waals surface area contributed by atoms with Crippen LogP contribution >= 0.6 is 0 Å². The molecular formula is C13H15GeNO2. The fraction of sp³-hybridized carbons (Fsp3) is 0.231. The molecule has 0 unspecified atom stereocenters. The predicted octanol–water partition coefficient (Wildman–Crippen LogP) is 1.14. The van der Waals surface area contributed by atoms with Gasteiger partial charge in [-0.05, 0) is 0 Å². The number of nitrogens with zero attached hydrogens (tertiary/aromatic N) is 1. The Hall–Kier alpha value is -1.36. The summed E-state index contributed by atoms with van der Waals surface area (Å²) in [5, 5.41) is 1.12. The van der Waals surface area contributed by atoms with E-state index in [2.05, 4.69) is 4.98 Å². The Bertz CT molecular complexity index is 540. The van der Waals surface area contributed by atoms with E-state index < -0.39 is 15.8 Å². The van der Waals surface area contributed by atoms with Crippen LogP contribution in [0.2, 0.25) is 0 Å². The summed E-state index contributed by atoms with van der Waals surface area (Å²) in [5.41, 5.74) is 0.969. The minimum absolute atomic E-state index is 0.0546. The zero-order chi connectivity index (χ0) is 12.3. The number of carbonyl (C=O) groups is 1. The van der Waals surface area contributed by atoms with Crippen molar-refractivity contribution in [2.45, 2.75) is 13.8 Å². The normalized spacial score (nSPS) is 11.5. The van der Waals surface area contributed by atoms with Crippen molar-refractivity contribution in [1.29, 1.82) is 0 Å². The molecule has 1 aromatic carbocycles. The Kier molecular flexibility index (Phi) is 3.79. The number of aromatic nitrogens is 1. The van der Waals surface area contributed by atoms with E-state index in [1.54, 1.807) is 0 Å². The fourth-order valence-electron chi connectivity index (χ4n) is 1.50. The maximum atomic E-state index is 11.4. The van der Waals surface area contributed by atoms with E-state index in [0.717, 1.165) is 15.4 Å². The molecule has 0 aliphatic heterocycles. The van der Waals surface area contributed by atoms with Crippen molar-refractivity contribution >= 4 is 37.2 Å². The molecule has 1 heterocycles. The Balaban J connectivity index is 2.12. The van der Waals surface area contributed by atoms with Crippen LogP contribution in [0.5, 0.6) is 0 Å². The van der Waals surface area contributed by atoms with Gasteiger partial charge in [-0.15, -0.1) is 0 Å². The minimum atomic E-state index is -1.50. The molecule has 0 atom stereocenters. The van der Waals surface area contributed by atoms with Crippen molar-refractivity contribution in [2.24, 2.45) is 5.92 Å². The van der Waals surface area contributed by atoms with Crippen LogP contribution in [-0.2, 0) is 8.56 Å². The molecule has 17 heavy (non-hydrogen) atoms. The molecule has 0 N–H and O–H groups in total. The van der Waals surface area contributed by atoms with Gasteiger partial charge in [-0.1, -0.05) is 0 Å². The summed E-state index contributed by atoms with van der Waals surface area (Å²) < 4.78 is 6.29. The van der Waals surface area contributed by atoms with Gasteiger partial charge in [-0.3, -0.25) is 0 Å². The van der Waals surface area contributed by atoms with E-state index in [4.69, 9.17) is 3.76 Å². The Morgan fingerprint density at radius 3 is 2.76 bits per heavy atom. The van der Waals surface area contributed by atoms with Crippen LogP contribution in [0.25, 0.3) is 10.9 Å². The molecule has 1 aromatic heterocycles. The molecular weight excluding hydrogens is 275 g/mol. The van der Waals surface area contributed by atoms with Crippen LogP contribution in [-0.4, -0.2) is 26.7 Å². The number of hydrogen-bond acceptors (Lipinski definition) is 3. The van der Waals surface area contributed by atoms with Gasteiger partial charge in [0.25, 0.3) is 0 Å². The number of rotatable bonds is 3. The van der Waals surface area contributed by atoms with Crippen LogP contribution in [0.3, 0.4) is 0 Å². The van der Waals surface area contributed by atoms with E-state index in [0.29, 0.717) is 0 Å². The molecule has 0 fully saturated rings. The predicted molar refractivity (Wildman–Crippen MR) is 70.9 cm³/mol. The zero-order valence-corrected chi connectivity index (χ0v) is 13.0. The van der Waals surface area contributed by atoms with Crippen LogP contribution in [0.4, 0.5) is 0 Å². The number of carbonyl (C=O) groups excluding carboxylic acids is 1. The summed E-state index contributed by atoms with van der Waals surface area (Å²) in [5.74, 6) is -0.166. The van der Waals surface area contributed by atoms with E-state index in [9.17, 15) is 4.79 Å². The van der Waals surface area contributed by atoms with Gasteiger partial charge in [0.05, 0.1) is 0 Å². The standard InChI is InChI=1S/C13H15GeNO2/c1-9(2)13(16)17-14-12-8-7-10-5-3-4-6-11(10)15-12/h3-9H,14H2,1-2H3. The van der Waals surface area contributed by atoms with E-state index in [-0.39, 0.29) is 11.9 Å². The molecule has 0 bridgehead atoms. The molecule has 0 aliphatic carbocycles. The van der Waals surface area contributed by atoms with Gasteiger partial charge in [0.15, 0.2) is 0 Å². The van der Waals surface area contributed by atoms with Crippen LogP contribution in [0.1, 0.15) is 13.8 Å². The van der Waals surface area contributed by atoms with Crippen LogP contribution < -0.4 is 4.53 Å². The van der Waals surface area contributed by atoms with Crippen molar-refractivity contribution in [3.8, 4) is 0 Å². The van der Waals surface area contributed by atoms with Gasteiger partial charge in [-0.2, -0.15) is 0 Å². The average Bonchev–Trinajstić information content (AvgIpc) is 2.35. The van der Waals surface area contributed by atoms with E-state index >= 15 is 0 Å². The monoisotopic (exact) mass is 291 g/mol. The topological polar surface area (TPSA) is 39.2 Å². The van der Waals surface area contributed by atoms with Crippen molar-refractivity contribution < 1.29 is 8.56 Å². The van der Waals surface area contributed by atoms with Gasteiger partial charge >= 0.3 is 107 Å². The maximum absolute atomic E-state index is 11.4. The van der Waals surface area contributed by atoms with Crippen molar-refractivity contribution in [2.75, 3.05) is 0 Å². The van der Waals surface area contributed by atoms with Crippen LogP contribution in [0, 0.1) is 5.92 Å². The fourth-order valence-corrected chi connectivity index (χ4v) is 3.75. The second-order valence-electron chi connectivity index (χ2n) is 4.26. The Labute approximate surface area is 107 Å². The molecule has 0 saturated heterocycles.